The molecule has 0 aromatic rings. The number of hydrogen-bond donors (Lipinski definition) is 0. The van der Waals surface area contributed by atoms with Gasteiger partial charge in [-0.25, -0.2) is 0 Å². The molecule has 0 bridgehead atoms. The lowest BCUT2D eigenvalue weighted by atomic mass is 9.99. The van der Waals surface area contributed by atoms with Gasteiger partial charge in [-0.15, -0.1) is 0 Å². The lowest BCUT2D eigenvalue weighted by Gasteiger charge is -2.25. The Balaban J connectivity index is 3.90. The van der Waals surface area contributed by atoms with Crippen LogP contribution < -0.4 is 0 Å². The predicted molar refractivity (Wildman–Crippen MR) is 126 cm³/mol. The van der Waals surface area contributed by atoms with Crippen molar-refractivity contribution in [2.45, 2.75) is 155 Å². The summed E-state index contributed by atoms with van der Waals surface area (Å²) in [5.74, 6) is -0.316. The van der Waals surface area contributed by atoms with Gasteiger partial charge < -0.3 is 9.47 Å². The van der Waals surface area contributed by atoms with Crippen LogP contribution in [0.4, 0.5) is 0 Å². The van der Waals surface area contributed by atoms with E-state index < -0.39 is 11.2 Å². The van der Waals surface area contributed by atoms with Crippen molar-refractivity contribution in [3.63, 3.8) is 0 Å². The maximum atomic E-state index is 12.1. The number of ether oxygens (including phenoxy) is 2. The summed E-state index contributed by atoms with van der Waals surface area (Å²) < 4.78 is 11.3. The molecule has 178 valence electrons. The largest absolute Gasteiger partial charge is 0.460 e. The van der Waals surface area contributed by atoms with Gasteiger partial charge in [-0.1, -0.05) is 65.2 Å². The summed E-state index contributed by atoms with van der Waals surface area (Å²) >= 11 is 0. The van der Waals surface area contributed by atoms with Gasteiger partial charge in [0.2, 0.25) is 0 Å². The van der Waals surface area contributed by atoms with E-state index in [4.69, 9.17) is 9.47 Å². The molecular formula is C26H50O4. The first-order chi connectivity index (χ1) is 14.1. The molecule has 0 fully saturated rings. The minimum Gasteiger partial charge on any atom is -0.460 e. The van der Waals surface area contributed by atoms with E-state index in [1.807, 2.05) is 27.7 Å². The van der Waals surface area contributed by atoms with Crippen molar-refractivity contribution >= 4 is 11.9 Å². The van der Waals surface area contributed by atoms with Gasteiger partial charge >= 0.3 is 11.9 Å². The quantitative estimate of drug-likeness (QED) is 0.155. The molecule has 0 aliphatic rings. The molecular weight excluding hydrogens is 376 g/mol. The molecule has 0 aromatic heterocycles. The van der Waals surface area contributed by atoms with Crippen molar-refractivity contribution in [3.8, 4) is 0 Å². The molecule has 4 heteroatoms. The van der Waals surface area contributed by atoms with E-state index in [9.17, 15) is 9.59 Å². The van der Waals surface area contributed by atoms with Gasteiger partial charge in [0.05, 0.1) is 0 Å². The minimum atomic E-state index is -0.399. The van der Waals surface area contributed by atoms with Gasteiger partial charge in [-0.05, 0) is 66.2 Å². The van der Waals surface area contributed by atoms with Crippen LogP contribution in [0.3, 0.4) is 0 Å². The summed E-state index contributed by atoms with van der Waals surface area (Å²) in [4.78, 5) is 24.2. The first-order valence-electron chi connectivity index (χ1n) is 12.6. The Morgan fingerprint density at radius 2 is 0.867 bits per heavy atom. The lowest BCUT2D eigenvalue weighted by molar-refractivity contribution is -0.159. The van der Waals surface area contributed by atoms with Crippen molar-refractivity contribution < 1.29 is 19.1 Å². The van der Waals surface area contributed by atoms with Crippen LogP contribution in [0.5, 0.6) is 0 Å². The average molecular weight is 427 g/mol. The summed E-state index contributed by atoms with van der Waals surface area (Å²) in [6.45, 7) is 12.4. The summed E-state index contributed by atoms with van der Waals surface area (Å²) in [5.41, 5.74) is -0.799. The van der Waals surface area contributed by atoms with E-state index in [-0.39, 0.29) is 11.9 Å². The second-order valence-corrected chi connectivity index (χ2v) is 10.0. The topological polar surface area (TPSA) is 52.6 Å². The number of esters is 2. The highest BCUT2D eigenvalue weighted by molar-refractivity contribution is 5.71. The molecule has 0 radical (unpaired) electrons. The van der Waals surface area contributed by atoms with E-state index in [0.717, 1.165) is 25.7 Å². The summed E-state index contributed by atoms with van der Waals surface area (Å²) in [6, 6.07) is 0. The van der Waals surface area contributed by atoms with Gasteiger partial charge in [0.15, 0.2) is 0 Å². The van der Waals surface area contributed by atoms with Crippen LogP contribution in [0.15, 0.2) is 0 Å². The highest BCUT2D eigenvalue weighted by atomic mass is 16.6. The van der Waals surface area contributed by atoms with Crippen LogP contribution in [0.1, 0.15) is 144 Å². The first kappa shape index (κ1) is 28.9. The second-order valence-electron chi connectivity index (χ2n) is 10.0. The zero-order valence-electron chi connectivity index (χ0n) is 20.9. The Hall–Kier alpha value is -1.06. The summed E-state index contributed by atoms with van der Waals surface area (Å²) in [5, 5.41) is 0. The molecule has 0 atom stereocenters. The van der Waals surface area contributed by atoms with Crippen LogP contribution >= 0.6 is 0 Å². The molecule has 0 saturated heterocycles. The van der Waals surface area contributed by atoms with E-state index in [0.29, 0.717) is 25.7 Å². The Labute approximate surface area is 186 Å². The number of unbranched alkanes of at least 4 members (excludes halogenated alkanes) is 9. The third-order valence-electron chi connectivity index (χ3n) is 5.56. The summed E-state index contributed by atoms with van der Waals surface area (Å²) in [6.07, 6.45) is 16.0. The maximum absolute atomic E-state index is 12.1. The molecule has 0 aromatic carbocycles. The van der Waals surface area contributed by atoms with Crippen molar-refractivity contribution in [2.75, 3.05) is 0 Å². The monoisotopic (exact) mass is 426 g/mol. The lowest BCUT2D eigenvalue weighted by Crippen LogP contribution is -2.28. The summed E-state index contributed by atoms with van der Waals surface area (Å²) in [7, 11) is 0. The van der Waals surface area contributed by atoms with Crippen LogP contribution in [-0.4, -0.2) is 23.1 Å². The predicted octanol–water partition coefficient (Wildman–Crippen LogP) is 7.91. The first-order valence-corrected chi connectivity index (χ1v) is 12.6. The third kappa shape index (κ3) is 17.8. The van der Waals surface area contributed by atoms with Gasteiger partial charge in [0, 0.05) is 12.8 Å². The van der Waals surface area contributed by atoms with Crippen LogP contribution in [0.2, 0.25) is 0 Å². The molecule has 0 unspecified atom stereocenters. The molecule has 0 aliphatic heterocycles. The fraction of sp³-hybridized carbons (Fsp3) is 0.923. The van der Waals surface area contributed by atoms with E-state index in [2.05, 4.69) is 13.8 Å². The second kappa shape index (κ2) is 16.6. The molecule has 0 spiro atoms. The molecule has 0 N–H and O–H groups in total. The normalized spacial score (nSPS) is 12.1. The van der Waals surface area contributed by atoms with Gasteiger partial charge in [0.1, 0.15) is 11.2 Å². The average Bonchev–Trinajstić information content (AvgIpc) is 2.64. The van der Waals surface area contributed by atoms with Crippen molar-refractivity contribution in [2.24, 2.45) is 0 Å². The standard InChI is InChI=1S/C26H50O4/c1-7-9-11-13-17-21-25(3,4)29-23(27)19-15-16-20-24(28)30-26(5,6)22-18-14-12-10-8-2/h7-22H2,1-6H3. The van der Waals surface area contributed by atoms with Crippen LogP contribution in [0, 0.1) is 0 Å². The smallest absolute Gasteiger partial charge is 0.306 e. The van der Waals surface area contributed by atoms with E-state index in [1.165, 1.54) is 51.4 Å². The zero-order valence-corrected chi connectivity index (χ0v) is 20.9. The minimum absolute atomic E-state index is 0.158. The van der Waals surface area contributed by atoms with Gasteiger partial charge in [0.25, 0.3) is 0 Å². The molecule has 0 aliphatic carbocycles. The fourth-order valence-corrected chi connectivity index (χ4v) is 3.67. The van der Waals surface area contributed by atoms with Crippen LogP contribution in [-0.2, 0) is 19.1 Å². The number of carbonyl (C=O) groups excluding carboxylic acids is 2. The van der Waals surface area contributed by atoms with E-state index in [1.54, 1.807) is 0 Å². The Morgan fingerprint density at radius 3 is 1.20 bits per heavy atom. The zero-order chi connectivity index (χ0) is 22.9. The SMILES string of the molecule is CCCCCCCC(C)(C)OC(=O)CCCCC(=O)OC(C)(C)CCCCCCC. The molecule has 0 rings (SSSR count). The van der Waals surface area contributed by atoms with Crippen molar-refractivity contribution in [1.82, 2.24) is 0 Å². The highest BCUT2D eigenvalue weighted by Crippen LogP contribution is 2.22. The molecule has 0 heterocycles. The van der Waals surface area contributed by atoms with Gasteiger partial charge in [-0.2, -0.15) is 0 Å². The molecule has 0 saturated carbocycles. The molecule has 4 nitrogen and oxygen atoms in total. The number of rotatable bonds is 19. The Morgan fingerprint density at radius 1 is 0.533 bits per heavy atom. The van der Waals surface area contributed by atoms with Crippen LogP contribution in [0.25, 0.3) is 0 Å². The number of hydrogen-bond acceptors (Lipinski definition) is 4. The highest BCUT2D eigenvalue weighted by Gasteiger charge is 2.23. The Bertz CT molecular complexity index is 412. The van der Waals surface area contributed by atoms with Crippen molar-refractivity contribution in [1.29, 1.82) is 0 Å². The third-order valence-corrected chi connectivity index (χ3v) is 5.56. The number of carbonyl (C=O) groups is 2. The van der Waals surface area contributed by atoms with Crippen molar-refractivity contribution in [3.05, 3.63) is 0 Å². The fourth-order valence-electron chi connectivity index (χ4n) is 3.67. The van der Waals surface area contributed by atoms with E-state index >= 15 is 0 Å². The molecule has 0 amide bonds. The van der Waals surface area contributed by atoms with Gasteiger partial charge in [-0.3, -0.25) is 9.59 Å². The Kier molecular flexibility index (Phi) is 16.0. The maximum Gasteiger partial charge on any atom is 0.306 e. The molecule has 30 heavy (non-hydrogen) atoms.